The minimum atomic E-state index is 0.0956. The van der Waals surface area contributed by atoms with E-state index in [2.05, 4.69) is 84.3 Å². The predicted molar refractivity (Wildman–Crippen MR) is 104 cm³/mol. The molecule has 2 nitrogen and oxygen atoms in total. The van der Waals surface area contributed by atoms with E-state index < -0.39 is 0 Å². The molecule has 2 heteroatoms. The van der Waals surface area contributed by atoms with Crippen molar-refractivity contribution in [1.29, 1.82) is 0 Å². The quantitative estimate of drug-likeness (QED) is 0.576. The summed E-state index contributed by atoms with van der Waals surface area (Å²) in [5.41, 5.74) is 6.10. The van der Waals surface area contributed by atoms with Crippen molar-refractivity contribution in [2.75, 3.05) is 11.5 Å². The van der Waals surface area contributed by atoms with Gasteiger partial charge in [-0.05, 0) is 39.6 Å². The highest BCUT2D eigenvalue weighted by atomic mass is 16.6. The number of ether oxygens (including phenoxy) is 1. The Morgan fingerprint density at radius 2 is 1.72 bits per heavy atom. The van der Waals surface area contributed by atoms with Gasteiger partial charge < -0.3 is 9.64 Å². The number of hydrogen-bond donors (Lipinski definition) is 0. The Kier molecular flexibility index (Phi) is 3.25. The minimum Gasteiger partial charge on any atom is -0.351 e. The van der Waals surface area contributed by atoms with Crippen molar-refractivity contribution >= 4 is 22.5 Å². The summed E-state index contributed by atoms with van der Waals surface area (Å²) in [7, 11) is 0. The number of fused-ring (bicyclic) bond motifs is 4. The van der Waals surface area contributed by atoms with E-state index in [1.165, 1.54) is 33.2 Å². The van der Waals surface area contributed by atoms with E-state index in [9.17, 15) is 0 Å². The molecule has 1 atom stereocenters. The number of nitrogens with zero attached hydrogens (tertiary/aromatic N) is 1. The van der Waals surface area contributed by atoms with Gasteiger partial charge in [0.15, 0.2) is 6.23 Å². The molecule has 1 unspecified atom stereocenters. The molecular formula is C23H19NO. The van der Waals surface area contributed by atoms with Crippen LogP contribution in [0.15, 0.2) is 79.0 Å². The molecule has 1 fully saturated rings. The van der Waals surface area contributed by atoms with Crippen LogP contribution in [0.2, 0.25) is 0 Å². The van der Waals surface area contributed by atoms with Crippen LogP contribution in [0.1, 0.15) is 16.7 Å². The standard InChI is InChI=1S/C23H19NO/c1-16-10-11-17-6-2-3-8-19(17)14-21-20-9-5-4-7-18(20)12-13-22(21)24(16)23-15-25-23/h2-13,23H,1,14-15H2/b11-10-. The van der Waals surface area contributed by atoms with Crippen molar-refractivity contribution in [2.24, 2.45) is 0 Å². The summed E-state index contributed by atoms with van der Waals surface area (Å²) in [4.78, 5) is 2.24. The molecule has 0 amide bonds. The monoisotopic (exact) mass is 325 g/mol. The second-order valence-corrected chi connectivity index (χ2v) is 6.64. The van der Waals surface area contributed by atoms with Gasteiger partial charge in [-0.25, -0.2) is 0 Å². The van der Waals surface area contributed by atoms with E-state index in [0.717, 1.165) is 18.7 Å². The average molecular weight is 325 g/mol. The lowest BCUT2D eigenvalue weighted by atomic mass is 9.94. The number of allylic oxidation sites excluding steroid dienone is 1. The Labute approximate surface area is 147 Å². The van der Waals surface area contributed by atoms with Gasteiger partial charge in [0.05, 0.1) is 6.61 Å². The first kappa shape index (κ1) is 14.5. The SMILES string of the molecule is C=C1/C=C\c2ccccc2Cc2c(ccc3ccccc23)N1C1CO1. The van der Waals surface area contributed by atoms with Gasteiger partial charge in [-0.3, -0.25) is 0 Å². The maximum Gasteiger partial charge on any atom is 0.158 e. The average Bonchev–Trinajstić information content (AvgIpc) is 3.47. The molecule has 3 aromatic carbocycles. The van der Waals surface area contributed by atoms with Gasteiger partial charge in [0.2, 0.25) is 0 Å². The lowest BCUT2D eigenvalue weighted by molar-refractivity contribution is 0.408. The highest BCUT2D eigenvalue weighted by molar-refractivity contribution is 5.91. The van der Waals surface area contributed by atoms with Gasteiger partial charge in [0, 0.05) is 17.8 Å². The third kappa shape index (κ3) is 2.46. The fourth-order valence-corrected chi connectivity index (χ4v) is 3.74. The maximum absolute atomic E-state index is 5.63. The zero-order valence-corrected chi connectivity index (χ0v) is 14.0. The summed E-state index contributed by atoms with van der Waals surface area (Å²) in [5, 5.41) is 2.57. The van der Waals surface area contributed by atoms with Gasteiger partial charge in [0.1, 0.15) is 0 Å². The molecule has 0 saturated carbocycles. The maximum atomic E-state index is 5.63. The molecule has 1 saturated heterocycles. The summed E-state index contributed by atoms with van der Waals surface area (Å²) in [6.07, 6.45) is 5.26. The minimum absolute atomic E-state index is 0.0956. The second-order valence-electron chi connectivity index (χ2n) is 6.64. The van der Waals surface area contributed by atoms with E-state index in [1.54, 1.807) is 0 Å². The third-order valence-electron chi connectivity index (χ3n) is 5.07. The van der Waals surface area contributed by atoms with Crippen molar-refractivity contribution in [1.82, 2.24) is 0 Å². The highest BCUT2D eigenvalue weighted by Gasteiger charge is 2.33. The van der Waals surface area contributed by atoms with Crippen LogP contribution in [-0.2, 0) is 11.2 Å². The van der Waals surface area contributed by atoms with Crippen LogP contribution < -0.4 is 4.90 Å². The van der Waals surface area contributed by atoms with Gasteiger partial charge in [-0.15, -0.1) is 0 Å². The Bertz CT molecular complexity index is 1010. The molecule has 2 aliphatic heterocycles. The number of hydrogen-bond acceptors (Lipinski definition) is 2. The summed E-state index contributed by atoms with van der Waals surface area (Å²) in [6, 6.07) is 21.6. The molecule has 0 bridgehead atoms. The zero-order chi connectivity index (χ0) is 16.8. The Morgan fingerprint density at radius 1 is 0.920 bits per heavy atom. The highest BCUT2D eigenvalue weighted by Crippen LogP contribution is 2.38. The fourth-order valence-electron chi connectivity index (χ4n) is 3.74. The van der Waals surface area contributed by atoms with E-state index in [1.807, 2.05) is 0 Å². The van der Waals surface area contributed by atoms with Crippen molar-refractivity contribution < 1.29 is 4.74 Å². The summed E-state index contributed by atoms with van der Waals surface area (Å²) >= 11 is 0. The lowest BCUT2D eigenvalue weighted by Crippen LogP contribution is -2.25. The Morgan fingerprint density at radius 3 is 2.60 bits per heavy atom. The fraction of sp³-hybridized carbons (Fsp3) is 0.130. The normalized spacial score (nSPS) is 20.2. The van der Waals surface area contributed by atoms with Gasteiger partial charge in [-0.2, -0.15) is 0 Å². The molecule has 0 aliphatic carbocycles. The summed E-state index contributed by atoms with van der Waals surface area (Å²) in [6.45, 7) is 5.07. The Balaban J connectivity index is 1.81. The van der Waals surface area contributed by atoms with Crippen molar-refractivity contribution in [2.45, 2.75) is 12.6 Å². The molecule has 5 rings (SSSR count). The van der Waals surface area contributed by atoms with E-state index in [4.69, 9.17) is 4.74 Å². The summed E-state index contributed by atoms with van der Waals surface area (Å²) < 4.78 is 5.63. The largest absolute Gasteiger partial charge is 0.351 e. The van der Waals surface area contributed by atoms with Crippen molar-refractivity contribution in [3.8, 4) is 0 Å². The molecule has 0 N–H and O–H groups in total. The van der Waals surface area contributed by atoms with Crippen LogP contribution in [0.25, 0.3) is 16.8 Å². The van der Waals surface area contributed by atoms with E-state index in [-0.39, 0.29) is 6.23 Å². The van der Waals surface area contributed by atoms with E-state index in [0.29, 0.717) is 0 Å². The van der Waals surface area contributed by atoms with E-state index >= 15 is 0 Å². The summed E-state index contributed by atoms with van der Waals surface area (Å²) in [5.74, 6) is 0. The van der Waals surface area contributed by atoms with Crippen LogP contribution in [0, 0.1) is 0 Å². The lowest BCUT2D eigenvalue weighted by Gasteiger charge is -2.26. The number of anilines is 1. The molecule has 0 aromatic heterocycles. The number of benzene rings is 3. The predicted octanol–water partition coefficient (Wildman–Crippen LogP) is 5.13. The van der Waals surface area contributed by atoms with Crippen LogP contribution >= 0.6 is 0 Å². The van der Waals surface area contributed by atoms with Crippen molar-refractivity contribution in [3.05, 3.63) is 95.7 Å². The van der Waals surface area contributed by atoms with Crippen LogP contribution in [-0.4, -0.2) is 12.8 Å². The van der Waals surface area contributed by atoms with Gasteiger partial charge in [0.25, 0.3) is 0 Å². The smallest absolute Gasteiger partial charge is 0.158 e. The van der Waals surface area contributed by atoms with Crippen LogP contribution in [0.3, 0.4) is 0 Å². The van der Waals surface area contributed by atoms with Crippen LogP contribution in [0.5, 0.6) is 0 Å². The topological polar surface area (TPSA) is 15.8 Å². The van der Waals surface area contributed by atoms with Gasteiger partial charge in [-0.1, -0.05) is 67.3 Å². The molecule has 25 heavy (non-hydrogen) atoms. The molecule has 2 aliphatic rings. The zero-order valence-electron chi connectivity index (χ0n) is 14.0. The molecule has 2 heterocycles. The second kappa shape index (κ2) is 5.61. The number of rotatable bonds is 1. The molecule has 0 radical (unpaired) electrons. The third-order valence-corrected chi connectivity index (χ3v) is 5.07. The first-order valence-corrected chi connectivity index (χ1v) is 8.67. The van der Waals surface area contributed by atoms with Crippen molar-refractivity contribution in [3.63, 3.8) is 0 Å². The molecule has 0 spiro atoms. The molecular weight excluding hydrogens is 306 g/mol. The van der Waals surface area contributed by atoms with Gasteiger partial charge >= 0.3 is 0 Å². The first-order valence-electron chi connectivity index (χ1n) is 8.67. The molecule has 3 aromatic rings. The first-order chi connectivity index (χ1) is 12.3. The Hall–Kier alpha value is -2.84. The number of epoxide rings is 1. The molecule has 122 valence electrons. The van der Waals surface area contributed by atoms with Crippen LogP contribution in [0.4, 0.5) is 5.69 Å².